The average Bonchev–Trinajstić information content (AvgIpc) is 2.76. The molecular weight excluding hydrogens is 242 g/mol. The van der Waals surface area contributed by atoms with Gasteiger partial charge in [-0.25, -0.2) is 4.98 Å². The van der Waals surface area contributed by atoms with Gasteiger partial charge in [-0.3, -0.25) is 4.90 Å². The van der Waals surface area contributed by atoms with Crippen LogP contribution in [-0.2, 0) is 6.42 Å². The number of nitrogens with zero attached hydrogens (tertiary/aromatic N) is 2. The van der Waals surface area contributed by atoms with E-state index in [9.17, 15) is 0 Å². The van der Waals surface area contributed by atoms with Crippen LogP contribution < -0.4 is 5.32 Å². The highest BCUT2D eigenvalue weighted by molar-refractivity contribution is 7.09. The lowest BCUT2D eigenvalue weighted by Crippen LogP contribution is -2.55. The molecule has 3 nitrogen and oxygen atoms in total. The van der Waals surface area contributed by atoms with Crippen molar-refractivity contribution in [2.75, 3.05) is 19.6 Å². The van der Waals surface area contributed by atoms with E-state index in [1.165, 1.54) is 24.4 Å². The van der Waals surface area contributed by atoms with Crippen molar-refractivity contribution in [2.45, 2.75) is 52.1 Å². The summed E-state index contributed by atoms with van der Waals surface area (Å²) < 4.78 is 0. The maximum Gasteiger partial charge on any atom is 0.0940 e. The summed E-state index contributed by atoms with van der Waals surface area (Å²) in [6.07, 6.45) is 3.66. The van der Waals surface area contributed by atoms with Crippen LogP contribution in [0, 0.1) is 6.92 Å². The van der Waals surface area contributed by atoms with Crippen LogP contribution in [0.3, 0.4) is 0 Å². The number of hydrogen-bond donors (Lipinski definition) is 1. The Morgan fingerprint density at radius 3 is 3.06 bits per heavy atom. The molecule has 0 amide bonds. The van der Waals surface area contributed by atoms with Gasteiger partial charge in [-0.1, -0.05) is 13.3 Å². The van der Waals surface area contributed by atoms with Gasteiger partial charge in [-0.05, 0) is 20.3 Å². The molecular formula is C14H25N3S. The molecule has 2 unspecified atom stereocenters. The van der Waals surface area contributed by atoms with Crippen LogP contribution in [0.25, 0.3) is 0 Å². The molecule has 1 fully saturated rings. The Labute approximate surface area is 115 Å². The summed E-state index contributed by atoms with van der Waals surface area (Å²) in [5, 5.41) is 7.08. The van der Waals surface area contributed by atoms with Gasteiger partial charge in [-0.15, -0.1) is 11.3 Å². The Bertz CT molecular complexity index is 364. The Morgan fingerprint density at radius 1 is 1.56 bits per heavy atom. The first-order valence-electron chi connectivity index (χ1n) is 7.07. The van der Waals surface area contributed by atoms with Gasteiger partial charge in [0.2, 0.25) is 0 Å². The van der Waals surface area contributed by atoms with E-state index in [4.69, 9.17) is 0 Å². The summed E-state index contributed by atoms with van der Waals surface area (Å²) in [6.45, 7) is 10.1. The highest BCUT2D eigenvalue weighted by Crippen LogP contribution is 2.14. The predicted molar refractivity (Wildman–Crippen MR) is 78.3 cm³/mol. The molecule has 2 rings (SSSR count). The second kappa shape index (κ2) is 6.64. The fourth-order valence-electron chi connectivity index (χ4n) is 2.60. The summed E-state index contributed by atoms with van der Waals surface area (Å²) >= 11 is 1.80. The Balaban J connectivity index is 1.82. The zero-order valence-corrected chi connectivity index (χ0v) is 12.6. The molecule has 0 spiro atoms. The van der Waals surface area contributed by atoms with Gasteiger partial charge < -0.3 is 5.32 Å². The van der Waals surface area contributed by atoms with Gasteiger partial charge in [0, 0.05) is 49.2 Å². The van der Waals surface area contributed by atoms with Gasteiger partial charge >= 0.3 is 0 Å². The normalized spacial score (nSPS) is 25.5. The lowest BCUT2D eigenvalue weighted by atomic mass is 10.1. The molecule has 102 valence electrons. The van der Waals surface area contributed by atoms with E-state index in [2.05, 4.69) is 41.4 Å². The van der Waals surface area contributed by atoms with Crippen molar-refractivity contribution in [3.8, 4) is 0 Å². The predicted octanol–water partition coefficient (Wildman–Crippen LogP) is 2.46. The highest BCUT2D eigenvalue weighted by atomic mass is 32.1. The quantitative estimate of drug-likeness (QED) is 0.888. The van der Waals surface area contributed by atoms with Crippen molar-refractivity contribution in [1.82, 2.24) is 15.2 Å². The molecule has 1 aliphatic rings. The number of aryl methyl sites for hydroxylation is 1. The molecule has 0 aliphatic carbocycles. The second-order valence-electron chi connectivity index (χ2n) is 5.37. The van der Waals surface area contributed by atoms with Crippen molar-refractivity contribution in [3.63, 3.8) is 0 Å². The Morgan fingerprint density at radius 2 is 2.39 bits per heavy atom. The molecule has 2 heterocycles. The summed E-state index contributed by atoms with van der Waals surface area (Å²) in [5.74, 6) is 0. The third-order valence-corrected chi connectivity index (χ3v) is 4.72. The first-order chi connectivity index (χ1) is 8.69. The first kappa shape index (κ1) is 14.0. The number of piperazine rings is 1. The topological polar surface area (TPSA) is 28.2 Å². The van der Waals surface area contributed by atoms with Gasteiger partial charge in [0.25, 0.3) is 0 Å². The second-order valence-corrected chi connectivity index (χ2v) is 6.31. The van der Waals surface area contributed by atoms with Crippen LogP contribution in [0.1, 0.15) is 37.4 Å². The minimum Gasteiger partial charge on any atom is -0.311 e. The third-order valence-electron chi connectivity index (χ3n) is 3.70. The van der Waals surface area contributed by atoms with Crippen molar-refractivity contribution < 1.29 is 0 Å². The number of rotatable bonds is 5. The SMILES string of the molecule is CCCC1CN(CCc2nc(C)cs2)C(C)CN1. The molecule has 1 aromatic heterocycles. The monoisotopic (exact) mass is 267 g/mol. The molecule has 0 bridgehead atoms. The summed E-state index contributed by atoms with van der Waals surface area (Å²) in [7, 11) is 0. The van der Waals surface area contributed by atoms with Gasteiger partial charge in [0.15, 0.2) is 0 Å². The largest absolute Gasteiger partial charge is 0.311 e. The fourth-order valence-corrected chi connectivity index (χ4v) is 3.37. The van der Waals surface area contributed by atoms with Crippen LogP contribution in [0.5, 0.6) is 0 Å². The van der Waals surface area contributed by atoms with E-state index in [0.29, 0.717) is 12.1 Å². The van der Waals surface area contributed by atoms with E-state index in [0.717, 1.165) is 25.2 Å². The van der Waals surface area contributed by atoms with Crippen molar-refractivity contribution in [1.29, 1.82) is 0 Å². The number of nitrogens with one attached hydrogen (secondary N) is 1. The van der Waals surface area contributed by atoms with Crippen molar-refractivity contribution >= 4 is 11.3 Å². The van der Waals surface area contributed by atoms with Crippen LogP contribution in [0.15, 0.2) is 5.38 Å². The maximum atomic E-state index is 4.55. The van der Waals surface area contributed by atoms with Crippen LogP contribution in [-0.4, -0.2) is 41.6 Å². The van der Waals surface area contributed by atoms with E-state index >= 15 is 0 Å². The standard InChI is InChI=1S/C14H25N3S/c1-4-5-13-9-17(12(3)8-15-13)7-6-14-16-11(2)10-18-14/h10,12-13,15H,4-9H2,1-3H3. The van der Waals surface area contributed by atoms with Crippen molar-refractivity contribution in [2.24, 2.45) is 0 Å². The average molecular weight is 267 g/mol. The van der Waals surface area contributed by atoms with E-state index in [1.54, 1.807) is 11.3 Å². The van der Waals surface area contributed by atoms with Gasteiger partial charge in [0.1, 0.15) is 0 Å². The summed E-state index contributed by atoms with van der Waals surface area (Å²) in [4.78, 5) is 7.17. The zero-order valence-electron chi connectivity index (χ0n) is 11.8. The number of thiazole rings is 1. The van der Waals surface area contributed by atoms with E-state index < -0.39 is 0 Å². The third kappa shape index (κ3) is 3.77. The molecule has 1 aromatic rings. The van der Waals surface area contributed by atoms with Gasteiger partial charge in [-0.2, -0.15) is 0 Å². The summed E-state index contributed by atoms with van der Waals surface area (Å²) in [5.41, 5.74) is 1.16. The Kier molecular flexibility index (Phi) is 5.15. The molecule has 18 heavy (non-hydrogen) atoms. The van der Waals surface area contributed by atoms with Crippen LogP contribution in [0.2, 0.25) is 0 Å². The maximum absolute atomic E-state index is 4.55. The molecule has 1 N–H and O–H groups in total. The number of aromatic nitrogens is 1. The Hall–Kier alpha value is -0.450. The first-order valence-corrected chi connectivity index (χ1v) is 7.95. The number of hydrogen-bond acceptors (Lipinski definition) is 4. The molecule has 1 saturated heterocycles. The lowest BCUT2D eigenvalue weighted by molar-refractivity contribution is 0.138. The molecule has 2 atom stereocenters. The minimum atomic E-state index is 0.652. The molecule has 4 heteroatoms. The molecule has 0 saturated carbocycles. The summed E-state index contributed by atoms with van der Waals surface area (Å²) in [6, 6.07) is 1.34. The van der Waals surface area contributed by atoms with E-state index in [1.807, 2.05) is 0 Å². The van der Waals surface area contributed by atoms with Crippen LogP contribution in [0.4, 0.5) is 0 Å². The van der Waals surface area contributed by atoms with Crippen LogP contribution >= 0.6 is 11.3 Å². The van der Waals surface area contributed by atoms with E-state index in [-0.39, 0.29) is 0 Å². The highest BCUT2D eigenvalue weighted by Gasteiger charge is 2.23. The molecule has 0 radical (unpaired) electrons. The lowest BCUT2D eigenvalue weighted by Gasteiger charge is -2.38. The smallest absolute Gasteiger partial charge is 0.0940 e. The minimum absolute atomic E-state index is 0.652. The van der Waals surface area contributed by atoms with Gasteiger partial charge in [0.05, 0.1) is 5.01 Å². The zero-order chi connectivity index (χ0) is 13.0. The molecule has 1 aliphatic heterocycles. The fraction of sp³-hybridized carbons (Fsp3) is 0.786. The van der Waals surface area contributed by atoms with Crippen molar-refractivity contribution in [3.05, 3.63) is 16.1 Å². The molecule has 0 aromatic carbocycles.